The fourth-order valence-electron chi connectivity index (χ4n) is 3.50. The van der Waals surface area contributed by atoms with Gasteiger partial charge in [-0.15, -0.1) is 0 Å². The van der Waals surface area contributed by atoms with Crippen molar-refractivity contribution in [1.29, 1.82) is 0 Å². The number of hydrogen-bond donors (Lipinski definition) is 0. The topological polar surface area (TPSA) is 25.4 Å². The summed E-state index contributed by atoms with van der Waals surface area (Å²) in [6.45, 7) is 4.46. The zero-order valence-electron chi connectivity index (χ0n) is 11.6. The minimum absolute atomic E-state index is 0.769. The van der Waals surface area contributed by atoms with Crippen LogP contribution in [-0.2, 0) is 11.2 Å². The molecule has 0 bridgehead atoms. The van der Waals surface area contributed by atoms with E-state index in [0.29, 0.717) is 0 Å². The molecule has 1 aromatic heterocycles. The van der Waals surface area contributed by atoms with E-state index in [2.05, 4.69) is 22.0 Å². The van der Waals surface area contributed by atoms with Crippen LogP contribution in [0.5, 0.6) is 0 Å². The Morgan fingerprint density at radius 2 is 2.16 bits per heavy atom. The van der Waals surface area contributed by atoms with Crippen LogP contribution in [0.15, 0.2) is 24.5 Å². The van der Waals surface area contributed by atoms with Gasteiger partial charge in [-0.2, -0.15) is 0 Å². The summed E-state index contributed by atoms with van der Waals surface area (Å²) in [5.74, 6) is 0.806. The Morgan fingerprint density at radius 3 is 2.95 bits per heavy atom. The van der Waals surface area contributed by atoms with Gasteiger partial charge in [0.25, 0.3) is 0 Å². The quantitative estimate of drug-likeness (QED) is 0.835. The normalized spacial score (nSPS) is 26.4. The van der Waals surface area contributed by atoms with Crippen molar-refractivity contribution in [2.24, 2.45) is 5.92 Å². The number of ether oxygens (including phenoxy) is 1. The number of piperidine rings is 1. The van der Waals surface area contributed by atoms with Crippen molar-refractivity contribution >= 4 is 0 Å². The Kier molecular flexibility index (Phi) is 4.46. The van der Waals surface area contributed by atoms with E-state index in [1.165, 1.54) is 50.8 Å². The molecule has 2 fully saturated rings. The number of likely N-dealkylation sites (tertiary alicyclic amines) is 1. The lowest BCUT2D eigenvalue weighted by Crippen LogP contribution is -2.45. The molecule has 1 atom stereocenters. The van der Waals surface area contributed by atoms with Gasteiger partial charge in [-0.1, -0.05) is 6.07 Å². The first-order valence-electron chi connectivity index (χ1n) is 7.62. The van der Waals surface area contributed by atoms with Crippen molar-refractivity contribution in [3.05, 3.63) is 30.1 Å². The lowest BCUT2D eigenvalue weighted by atomic mass is 9.90. The summed E-state index contributed by atoms with van der Waals surface area (Å²) in [4.78, 5) is 6.94. The zero-order valence-corrected chi connectivity index (χ0v) is 11.6. The predicted molar refractivity (Wildman–Crippen MR) is 76.1 cm³/mol. The molecule has 3 rings (SSSR count). The van der Waals surface area contributed by atoms with Crippen LogP contribution in [0.2, 0.25) is 0 Å². The van der Waals surface area contributed by atoms with Gasteiger partial charge in [0.2, 0.25) is 0 Å². The molecule has 1 aromatic rings. The molecule has 19 heavy (non-hydrogen) atoms. The molecule has 0 amide bonds. The van der Waals surface area contributed by atoms with E-state index in [1.807, 2.05) is 12.4 Å². The van der Waals surface area contributed by atoms with Gasteiger partial charge in [-0.25, -0.2) is 0 Å². The van der Waals surface area contributed by atoms with Crippen LogP contribution in [0, 0.1) is 5.92 Å². The van der Waals surface area contributed by atoms with E-state index in [-0.39, 0.29) is 0 Å². The smallest absolute Gasteiger partial charge is 0.0480 e. The molecule has 2 aliphatic rings. The van der Waals surface area contributed by atoms with Gasteiger partial charge >= 0.3 is 0 Å². The first-order valence-corrected chi connectivity index (χ1v) is 7.62. The number of rotatable bonds is 3. The van der Waals surface area contributed by atoms with Crippen LogP contribution in [0.4, 0.5) is 0 Å². The lowest BCUT2D eigenvalue weighted by Gasteiger charge is -2.40. The van der Waals surface area contributed by atoms with Crippen LogP contribution < -0.4 is 0 Å². The predicted octanol–water partition coefficient (Wildman–Crippen LogP) is 2.52. The second-order valence-electron chi connectivity index (χ2n) is 5.91. The highest BCUT2D eigenvalue weighted by Gasteiger charge is 2.27. The van der Waals surface area contributed by atoms with Crippen molar-refractivity contribution in [1.82, 2.24) is 9.88 Å². The summed E-state index contributed by atoms with van der Waals surface area (Å²) in [7, 11) is 0. The molecule has 0 saturated carbocycles. The van der Waals surface area contributed by atoms with E-state index in [4.69, 9.17) is 4.74 Å². The van der Waals surface area contributed by atoms with Crippen LogP contribution in [0.3, 0.4) is 0 Å². The second kappa shape index (κ2) is 6.49. The maximum Gasteiger partial charge on any atom is 0.0480 e. The van der Waals surface area contributed by atoms with Gasteiger partial charge in [0.1, 0.15) is 0 Å². The molecule has 0 unspecified atom stereocenters. The maximum atomic E-state index is 5.48. The van der Waals surface area contributed by atoms with Gasteiger partial charge in [-0.3, -0.25) is 9.88 Å². The molecule has 0 radical (unpaired) electrons. The third-order valence-electron chi connectivity index (χ3n) is 4.50. The van der Waals surface area contributed by atoms with Crippen LogP contribution in [-0.4, -0.2) is 42.2 Å². The molecule has 0 spiro atoms. The fourth-order valence-corrected chi connectivity index (χ4v) is 3.50. The van der Waals surface area contributed by atoms with Crippen LogP contribution in [0.25, 0.3) is 0 Å². The van der Waals surface area contributed by atoms with Crippen molar-refractivity contribution < 1.29 is 4.74 Å². The molecule has 0 N–H and O–H groups in total. The molecule has 2 aliphatic heterocycles. The van der Waals surface area contributed by atoms with Crippen LogP contribution >= 0.6 is 0 Å². The maximum absolute atomic E-state index is 5.48. The van der Waals surface area contributed by atoms with Gasteiger partial charge in [0, 0.05) is 38.2 Å². The Labute approximate surface area is 116 Å². The molecule has 3 heterocycles. The first kappa shape index (κ1) is 13.1. The van der Waals surface area contributed by atoms with E-state index in [9.17, 15) is 0 Å². The van der Waals surface area contributed by atoms with Gasteiger partial charge in [-0.05, 0) is 56.2 Å². The van der Waals surface area contributed by atoms with Gasteiger partial charge in [0.05, 0.1) is 0 Å². The molecule has 104 valence electrons. The first-order chi connectivity index (χ1) is 9.42. The van der Waals surface area contributed by atoms with E-state index in [1.54, 1.807) is 0 Å². The van der Waals surface area contributed by atoms with Gasteiger partial charge in [0.15, 0.2) is 0 Å². The second-order valence-corrected chi connectivity index (χ2v) is 5.91. The minimum Gasteiger partial charge on any atom is -0.381 e. The van der Waals surface area contributed by atoms with Gasteiger partial charge < -0.3 is 4.74 Å². The highest BCUT2D eigenvalue weighted by atomic mass is 16.5. The van der Waals surface area contributed by atoms with Crippen LogP contribution in [0.1, 0.15) is 31.2 Å². The molecule has 0 aliphatic carbocycles. The Balaban J connectivity index is 1.55. The molecule has 0 aromatic carbocycles. The molecular formula is C16H24N2O. The van der Waals surface area contributed by atoms with E-state index < -0.39 is 0 Å². The highest BCUT2D eigenvalue weighted by Crippen LogP contribution is 2.25. The van der Waals surface area contributed by atoms with Crippen molar-refractivity contribution in [2.45, 2.75) is 38.1 Å². The summed E-state index contributed by atoms with van der Waals surface area (Å²) in [6.07, 6.45) is 10.2. The number of pyridine rings is 1. The fraction of sp³-hybridized carbons (Fsp3) is 0.688. The summed E-state index contributed by atoms with van der Waals surface area (Å²) in [6, 6.07) is 5.03. The SMILES string of the molecule is c1cncc(C[C@H]2CCCN(C3CCOCC3)C2)c1. The van der Waals surface area contributed by atoms with Crippen molar-refractivity contribution in [3.63, 3.8) is 0 Å². The monoisotopic (exact) mass is 260 g/mol. The third-order valence-corrected chi connectivity index (χ3v) is 4.50. The largest absolute Gasteiger partial charge is 0.381 e. The summed E-state index contributed by atoms with van der Waals surface area (Å²) >= 11 is 0. The molecular weight excluding hydrogens is 236 g/mol. The summed E-state index contributed by atoms with van der Waals surface area (Å²) < 4.78 is 5.48. The molecule has 2 saturated heterocycles. The number of hydrogen-bond acceptors (Lipinski definition) is 3. The van der Waals surface area contributed by atoms with E-state index in [0.717, 1.165) is 25.2 Å². The summed E-state index contributed by atoms with van der Waals surface area (Å²) in [5.41, 5.74) is 1.39. The number of aromatic nitrogens is 1. The summed E-state index contributed by atoms with van der Waals surface area (Å²) in [5, 5.41) is 0. The average molecular weight is 260 g/mol. The number of nitrogens with zero attached hydrogens (tertiary/aromatic N) is 2. The van der Waals surface area contributed by atoms with Crippen molar-refractivity contribution in [2.75, 3.05) is 26.3 Å². The third kappa shape index (κ3) is 3.54. The average Bonchev–Trinajstić information content (AvgIpc) is 2.49. The molecule has 3 nitrogen and oxygen atoms in total. The zero-order chi connectivity index (χ0) is 12.9. The van der Waals surface area contributed by atoms with Crippen molar-refractivity contribution in [3.8, 4) is 0 Å². The van der Waals surface area contributed by atoms with E-state index >= 15 is 0 Å². The standard InChI is InChI=1S/C16H24N2O/c1-3-14(12-17-7-1)11-15-4-2-8-18(13-15)16-5-9-19-10-6-16/h1,3,7,12,15-16H,2,4-6,8-11,13H2/t15-/m1/s1. The highest BCUT2D eigenvalue weighted by molar-refractivity contribution is 5.09. The Hall–Kier alpha value is -0.930. The Morgan fingerprint density at radius 1 is 1.26 bits per heavy atom. The molecule has 3 heteroatoms. The Bertz CT molecular complexity index is 376. The minimum atomic E-state index is 0.769. The lowest BCUT2D eigenvalue weighted by molar-refractivity contribution is 0.0178.